The number of rotatable bonds is 4. The van der Waals surface area contributed by atoms with Gasteiger partial charge in [0.2, 0.25) is 0 Å². The molecule has 1 heterocycles. The molecule has 1 aliphatic heterocycles. The summed E-state index contributed by atoms with van der Waals surface area (Å²) in [6.45, 7) is 6.25. The van der Waals surface area contributed by atoms with Crippen LogP contribution in [0.2, 0.25) is 0 Å². The Morgan fingerprint density at radius 2 is 2.00 bits per heavy atom. The second-order valence-electron chi connectivity index (χ2n) is 5.40. The molecule has 2 atom stereocenters. The molecule has 1 saturated heterocycles. The minimum atomic E-state index is 0.251. The van der Waals surface area contributed by atoms with Crippen LogP contribution in [0.25, 0.3) is 0 Å². The highest BCUT2D eigenvalue weighted by atomic mass is 16.5. The molecule has 3 nitrogen and oxygen atoms in total. The third kappa shape index (κ3) is 2.74. The highest BCUT2D eigenvalue weighted by Crippen LogP contribution is 2.32. The van der Waals surface area contributed by atoms with E-state index in [-0.39, 0.29) is 6.04 Å². The lowest BCUT2D eigenvalue weighted by molar-refractivity contribution is 0.184. The van der Waals surface area contributed by atoms with Crippen molar-refractivity contribution in [2.75, 3.05) is 13.7 Å². The van der Waals surface area contributed by atoms with Crippen molar-refractivity contribution in [3.63, 3.8) is 0 Å². The standard InChI is InChI=1S/C15H24N2O/c1-11(2)17-9-8-14(16)15(17)13-6-4-12(5-7-13)10-18-3/h4-7,11,14-15H,8-10,16H2,1-3H3. The first-order chi connectivity index (χ1) is 8.63. The molecule has 0 bridgehead atoms. The first-order valence-corrected chi connectivity index (χ1v) is 6.72. The molecule has 0 amide bonds. The predicted octanol–water partition coefficient (Wildman–Crippen LogP) is 2.32. The van der Waals surface area contributed by atoms with E-state index in [1.165, 1.54) is 11.1 Å². The first-order valence-electron chi connectivity index (χ1n) is 6.72. The topological polar surface area (TPSA) is 38.5 Å². The maximum Gasteiger partial charge on any atom is 0.0713 e. The molecule has 0 spiro atoms. The summed E-state index contributed by atoms with van der Waals surface area (Å²) >= 11 is 0. The third-order valence-electron chi connectivity index (χ3n) is 3.78. The van der Waals surface area contributed by atoms with E-state index in [9.17, 15) is 0 Å². The molecule has 0 aliphatic carbocycles. The van der Waals surface area contributed by atoms with Gasteiger partial charge in [-0.25, -0.2) is 0 Å². The van der Waals surface area contributed by atoms with Gasteiger partial charge in [0, 0.05) is 25.7 Å². The number of likely N-dealkylation sites (tertiary alicyclic amines) is 1. The molecule has 3 heteroatoms. The number of methoxy groups -OCH3 is 1. The number of ether oxygens (including phenoxy) is 1. The van der Waals surface area contributed by atoms with Crippen LogP contribution in [-0.4, -0.2) is 30.6 Å². The van der Waals surface area contributed by atoms with E-state index in [0.29, 0.717) is 18.7 Å². The summed E-state index contributed by atoms with van der Waals surface area (Å²) in [6.07, 6.45) is 1.09. The SMILES string of the molecule is COCc1ccc(C2C(N)CCN2C(C)C)cc1. The molecule has 1 fully saturated rings. The average Bonchev–Trinajstić information content (AvgIpc) is 2.73. The smallest absolute Gasteiger partial charge is 0.0713 e. The predicted molar refractivity (Wildman–Crippen MR) is 74.3 cm³/mol. The molecular formula is C15H24N2O. The van der Waals surface area contributed by atoms with Crippen LogP contribution in [0.5, 0.6) is 0 Å². The Morgan fingerprint density at radius 3 is 2.56 bits per heavy atom. The Labute approximate surface area is 110 Å². The van der Waals surface area contributed by atoms with Crippen LogP contribution in [0, 0.1) is 0 Å². The molecule has 0 aromatic heterocycles. The third-order valence-corrected chi connectivity index (χ3v) is 3.78. The van der Waals surface area contributed by atoms with Crippen molar-refractivity contribution >= 4 is 0 Å². The Morgan fingerprint density at radius 1 is 1.33 bits per heavy atom. The van der Waals surface area contributed by atoms with E-state index < -0.39 is 0 Å². The minimum absolute atomic E-state index is 0.251. The van der Waals surface area contributed by atoms with Crippen LogP contribution >= 0.6 is 0 Å². The molecule has 1 aliphatic rings. The largest absolute Gasteiger partial charge is 0.380 e. The quantitative estimate of drug-likeness (QED) is 0.888. The van der Waals surface area contributed by atoms with Gasteiger partial charge in [0.1, 0.15) is 0 Å². The Kier molecular flexibility index (Phi) is 4.38. The van der Waals surface area contributed by atoms with Gasteiger partial charge in [-0.1, -0.05) is 24.3 Å². The Balaban J connectivity index is 2.18. The second-order valence-corrected chi connectivity index (χ2v) is 5.40. The van der Waals surface area contributed by atoms with Crippen molar-refractivity contribution in [2.24, 2.45) is 5.73 Å². The fraction of sp³-hybridized carbons (Fsp3) is 0.600. The summed E-state index contributed by atoms with van der Waals surface area (Å²) < 4.78 is 5.14. The van der Waals surface area contributed by atoms with E-state index in [1.54, 1.807) is 7.11 Å². The summed E-state index contributed by atoms with van der Waals surface area (Å²) in [5, 5.41) is 0. The molecule has 2 unspecified atom stereocenters. The van der Waals surface area contributed by atoms with E-state index in [4.69, 9.17) is 10.5 Å². The van der Waals surface area contributed by atoms with Gasteiger partial charge in [0.25, 0.3) is 0 Å². The lowest BCUT2D eigenvalue weighted by Crippen LogP contribution is -2.35. The van der Waals surface area contributed by atoms with Crippen molar-refractivity contribution in [1.82, 2.24) is 4.90 Å². The first kappa shape index (κ1) is 13.5. The lowest BCUT2D eigenvalue weighted by Gasteiger charge is -2.30. The number of nitrogens with two attached hydrogens (primary N) is 1. The summed E-state index contributed by atoms with van der Waals surface area (Å²) in [6, 6.07) is 9.83. The highest BCUT2D eigenvalue weighted by molar-refractivity contribution is 5.27. The van der Waals surface area contributed by atoms with Crippen LogP contribution in [-0.2, 0) is 11.3 Å². The van der Waals surface area contributed by atoms with Gasteiger partial charge in [0.05, 0.1) is 12.6 Å². The molecule has 1 aromatic rings. The maximum absolute atomic E-state index is 6.27. The Hall–Kier alpha value is -0.900. The number of nitrogens with zero attached hydrogens (tertiary/aromatic N) is 1. The van der Waals surface area contributed by atoms with Gasteiger partial charge in [-0.2, -0.15) is 0 Å². The van der Waals surface area contributed by atoms with Gasteiger partial charge >= 0.3 is 0 Å². The normalized spacial score (nSPS) is 24.9. The molecular weight excluding hydrogens is 224 g/mol. The van der Waals surface area contributed by atoms with Crippen LogP contribution in [0.3, 0.4) is 0 Å². The van der Waals surface area contributed by atoms with E-state index >= 15 is 0 Å². The van der Waals surface area contributed by atoms with Gasteiger partial charge in [0.15, 0.2) is 0 Å². The van der Waals surface area contributed by atoms with Gasteiger partial charge in [-0.3, -0.25) is 4.90 Å². The van der Waals surface area contributed by atoms with Gasteiger partial charge < -0.3 is 10.5 Å². The van der Waals surface area contributed by atoms with Crippen LogP contribution < -0.4 is 5.73 Å². The zero-order valence-electron chi connectivity index (χ0n) is 11.6. The molecule has 18 heavy (non-hydrogen) atoms. The summed E-state index contributed by atoms with van der Waals surface area (Å²) in [5.74, 6) is 0. The lowest BCUT2D eigenvalue weighted by atomic mass is 9.99. The van der Waals surface area contributed by atoms with E-state index in [2.05, 4.69) is 43.0 Å². The van der Waals surface area contributed by atoms with E-state index in [1.807, 2.05) is 0 Å². The highest BCUT2D eigenvalue weighted by Gasteiger charge is 2.34. The van der Waals surface area contributed by atoms with Crippen molar-refractivity contribution in [1.29, 1.82) is 0 Å². The number of benzene rings is 1. The minimum Gasteiger partial charge on any atom is -0.380 e. The monoisotopic (exact) mass is 248 g/mol. The van der Waals surface area contributed by atoms with E-state index in [0.717, 1.165) is 13.0 Å². The van der Waals surface area contributed by atoms with Gasteiger partial charge in [-0.05, 0) is 31.4 Å². The number of hydrogen-bond donors (Lipinski definition) is 1. The number of hydrogen-bond acceptors (Lipinski definition) is 3. The maximum atomic E-state index is 6.27. The zero-order chi connectivity index (χ0) is 13.1. The molecule has 2 rings (SSSR count). The molecule has 0 saturated carbocycles. The zero-order valence-corrected chi connectivity index (χ0v) is 11.6. The Bertz CT molecular complexity index is 375. The van der Waals surface area contributed by atoms with Crippen molar-refractivity contribution in [3.8, 4) is 0 Å². The molecule has 1 aromatic carbocycles. The molecule has 0 radical (unpaired) electrons. The molecule has 100 valence electrons. The van der Waals surface area contributed by atoms with Crippen LogP contribution in [0.1, 0.15) is 37.4 Å². The van der Waals surface area contributed by atoms with Crippen LogP contribution in [0.15, 0.2) is 24.3 Å². The summed E-state index contributed by atoms with van der Waals surface area (Å²) in [7, 11) is 1.72. The fourth-order valence-electron chi connectivity index (χ4n) is 2.84. The van der Waals surface area contributed by atoms with Gasteiger partial charge in [-0.15, -0.1) is 0 Å². The summed E-state index contributed by atoms with van der Waals surface area (Å²) in [4.78, 5) is 2.50. The average molecular weight is 248 g/mol. The van der Waals surface area contributed by atoms with Crippen molar-refractivity contribution < 1.29 is 4.74 Å². The summed E-state index contributed by atoms with van der Waals surface area (Å²) in [5.41, 5.74) is 8.81. The van der Waals surface area contributed by atoms with Crippen LogP contribution in [0.4, 0.5) is 0 Å². The fourth-order valence-corrected chi connectivity index (χ4v) is 2.84. The molecule has 2 N–H and O–H groups in total. The van der Waals surface area contributed by atoms with Crippen molar-refractivity contribution in [3.05, 3.63) is 35.4 Å². The van der Waals surface area contributed by atoms with Crippen molar-refractivity contribution in [2.45, 2.75) is 45.0 Å². The second kappa shape index (κ2) is 5.83.